The Morgan fingerprint density at radius 1 is 0.762 bits per heavy atom. The molecule has 0 amide bonds. The van der Waals surface area contributed by atoms with E-state index in [9.17, 15) is 16.8 Å². The first kappa shape index (κ1) is 15.7. The van der Waals surface area contributed by atoms with Gasteiger partial charge in [0.2, 0.25) is 19.9 Å². The molecule has 7 heteroatoms. The fourth-order valence-electron chi connectivity index (χ4n) is 1.90. The van der Waals surface area contributed by atoms with E-state index in [2.05, 4.69) is 0 Å². The summed E-state index contributed by atoms with van der Waals surface area (Å²) in [7, 11) is -8.08. The zero-order valence-corrected chi connectivity index (χ0v) is 13.2. The zero-order chi connectivity index (χ0) is 15.8. The van der Waals surface area contributed by atoms with Gasteiger partial charge >= 0.3 is 0 Å². The van der Waals surface area contributed by atoms with Gasteiger partial charge in [-0.2, -0.15) is 0 Å². The SMILES string of the molecule is Cc1ccc(S(=O)(=O)c2cc(C)ccc2S(N)(=O)=O)cc1. The van der Waals surface area contributed by atoms with Gasteiger partial charge in [-0.15, -0.1) is 0 Å². The van der Waals surface area contributed by atoms with Gasteiger partial charge in [-0.05, 0) is 43.7 Å². The molecular formula is C14H15NO4S2. The lowest BCUT2D eigenvalue weighted by Gasteiger charge is -2.10. The molecule has 0 unspecified atom stereocenters. The van der Waals surface area contributed by atoms with Gasteiger partial charge in [0, 0.05) is 0 Å². The third-order valence-corrected chi connectivity index (χ3v) is 5.93. The Morgan fingerprint density at radius 2 is 1.29 bits per heavy atom. The predicted octanol–water partition coefficient (Wildman–Crippen LogP) is 1.78. The van der Waals surface area contributed by atoms with E-state index >= 15 is 0 Å². The summed E-state index contributed by atoms with van der Waals surface area (Å²) in [4.78, 5) is -0.661. The van der Waals surface area contributed by atoms with Crippen LogP contribution in [0.3, 0.4) is 0 Å². The normalized spacial score (nSPS) is 12.3. The van der Waals surface area contributed by atoms with Crippen LogP contribution in [0.1, 0.15) is 11.1 Å². The van der Waals surface area contributed by atoms with Crippen LogP contribution < -0.4 is 5.14 Å². The summed E-state index contributed by atoms with van der Waals surface area (Å²) < 4.78 is 48.5. The lowest BCUT2D eigenvalue weighted by molar-refractivity contribution is 0.583. The van der Waals surface area contributed by atoms with E-state index in [1.165, 1.54) is 30.3 Å². The molecule has 0 saturated heterocycles. The smallest absolute Gasteiger partial charge is 0.225 e. The molecule has 0 saturated carbocycles. The molecule has 2 aromatic rings. The van der Waals surface area contributed by atoms with Crippen LogP contribution >= 0.6 is 0 Å². The molecule has 0 spiro atoms. The number of primary sulfonamides is 1. The van der Waals surface area contributed by atoms with Crippen LogP contribution in [-0.4, -0.2) is 16.8 Å². The third kappa shape index (κ3) is 3.15. The quantitative estimate of drug-likeness (QED) is 0.930. The predicted molar refractivity (Wildman–Crippen MR) is 79.2 cm³/mol. The number of aryl methyl sites for hydroxylation is 2. The van der Waals surface area contributed by atoms with Crippen LogP contribution in [0, 0.1) is 13.8 Å². The van der Waals surface area contributed by atoms with Crippen molar-refractivity contribution in [2.75, 3.05) is 0 Å². The maximum atomic E-state index is 12.6. The van der Waals surface area contributed by atoms with Gasteiger partial charge < -0.3 is 0 Å². The van der Waals surface area contributed by atoms with E-state index in [1.54, 1.807) is 19.1 Å². The maximum absolute atomic E-state index is 12.6. The number of sulfone groups is 1. The minimum atomic E-state index is -4.13. The van der Waals surface area contributed by atoms with Gasteiger partial charge in [0.1, 0.15) is 4.90 Å². The summed E-state index contributed by atoms with van der Waals surface area (Å²) in [5, 5.41) is 5.11. The second-order valence-electron chi connectivity index (χ2n) is 4.81. The average molecular weight is 325 g/mol. The standard InChI is InChI=1S/C14H15NO4S2/c1-10-3-6-12(7-4-10)20(16,17)14-9-11(2)5-8-13(14)21(15,18)19/h3-9H,1-2H3,(H2,15,18,19). The van der Waals surface area contributed by atoms with Crippen molar-refractivity contribution >= 4 is 19.9 Å². The van der Waals surface area contributed by atoms with E-state index in [0.29, 0.717) is 5.56 Å². The van der Waals surface area contributed by atoms with Gasteiger partial charge in [-0.25, -0.2) is 22.0 Å². The van der Waals surface area contributed by atoms with Crippen molar-refractivity contribution in [1.82, 2.24) is 0 Å². The highest BCUT2D eigenvalue weighted by Crippen LogP contribution is 2.27. The Kier molecular flexibility index (Phi) is 3.92. The van der Waals surface area contributed by atoms with Crippen molar-refractivity contribution < 1.29 is 16.8 Å². The number of rotatable bonds is 3. The van der Waals surface area contributed by atoms with Crippen LogP contribution in [0.5, 0.6) is 0 Å². The van der Waals surface area contributed by atoms with E-state index in [0.717, 1.165) is 5.56 Å². The second kappa shape index (κ2) is 5.25. The highest BCUT2D eigenvalue weighted by atomic mass is 32.2. The molecule has 0 aromatic heterocycles. The van der Waals surface area contributed by atoms with Crippen LogP contribution in [0.2, 0.25) is 0 Å². The van der Waals surface area contributed by atoms with Crippen LogP contribution in [-0.2, 0) is 19.9 Å². The van der Waals surface area contributed by atoms with Crippen molar-refractivity contribution in [2.45, 2.75) is 28.5 Å². The summed E-state index contributed by atoms with van der Waals surface area (Å²) >= 11 is 0. The van der Waals surface area contributed by atoms with Gasteiger partial charge in [-0.3, -0.25) is 0 Å². The molecule has 2 rings (SSSR count). The second-order valence-corrected chi connectivity index (χ2v) is 8.26. The molecule has 0 heterocycles. The lowest BCUT2D eigenvalue weighted by atomic mass is 10.2. The van der Waals surface area contributed by atoms with Crippen molar-refractivity contribution in [3.8, 4) is 0 Å². The minimum Gasteiger partial charge on any atom is -0.225 e. The molecule has 2 aromatic carbocycles. The van der Waals surface area contributed by atoms with Crippen molar-refractivity contribution in [3.05, 3.63) is 53.6 Å². The molecule has 0 fully saturated rings. The molecule has 21 heavy (non-hydrogen) atoms. The Balaban J connectivity index is 2.76. The molecule has 0 radical (unpaired) electrons. The van der Waals surface area contributed by atoms with Crippen LogP contribution in [0.4, 0.5) is 0 Å². The van der Waals surface area contributed by atoms with Crippen molar-refractivity contribution in [3.63, 3.8) is 0 Å². The molecule has 0 bridgehead atoms. The Morgan fingerprint density at radius 3 is 1.81 bits per heavy atom. The summed E-state index contributed by atoms with van der Waals surface area (Å²) in [6.45, 7) is 3.51. The van der Waals surface area contributed by atoms with Gasteiger partial charge in [-0.1, -0.05) is 23.8 Å². The summed E-state index contributed by atoms with van der Waals surface area (Å²) in [6, 6.07) is 10.2. The minimum absolute atomic E-state index is 0.0311. The molecule has 0 aliphatic heterocycles. The molecular weight excluding hydrogens is 310 g/mol. The number of hydrogen-bond acceptors (Lipinski definition) is 4. The Hall–Kier alpha value is -1.70. The maximum Gasteiger partial charge on any atom is 0.239 e. The lowest BCUT2D eigenvalue weighted by Crippen LogP contribution is -2.17. The summed E-state index contributed by atoms with van der Waals surface area (Å²) in [6.07, 6.45) is 0. The highest BCUT2D eigenvalue weighted by Gasteiger charge is 2.26. The molecule has 0 aliphatic rings. The number of nitrogens with two attached hydrogens (primary N) is 1. The molecule has 112 valence electrons. The molecule has 2 N–H and O–H groups in total. The largest absolute Gasteiger partial charge is 0.239 e. The topological polar surface area (TPSA) is 94.3 Å². The zero-order valence-electron chi connectivity index (χ0n) is 11.6. The number of sulfonamides is 1. The van der Waals surface area contributed by atoms with Gasteiger partial charge in [0.15, 0.2) is 0 Å². The average Bonchev–Trinajstić information content (AvgIpc) is 2.37. The highest BCUT2D eigenvalue weighted by molar-refractivity contribution is 7.93. The van der Waals surface area contributed by atoms with Crippen molar-refractivity contribution in [2.24, 2.45) is 5.14 Å². The molecule has 0 aliphatic carbocycles. The van der Waals surface area contributed by atoms with Crippen LogP contribution in [0.25, 0.3) is 0 Å². The number of hydrogen-bond donors (Lipinski definition) is 1. The van der Waals surface area contributed by atoms with Gasteiger partial charge in [0.25, 0.3) is 0 Å². The fourth-order valence-corrected chi connectivity index (χ4v) is 4.60. The first-order valence-electron chi connectivity index (χ1n) is 6.07. The van der Waals surface area contributed by atoms with E-state index < -0.39 is 24.8 Å². The van der Waals surface area contributed by atoms with E-state index in [4.69, 9.17) is 5.14 Å². The van der Waals surface area contributed by atoms with E-state index in [1.807, 2.05) is 6.92 Å². The first-order valence-corrected chi connectivity index (χ1v) is 9.10. The van der Waals surface area contributed by atoms with Gasteiger partial charge in [0.05, 0.1) is 9.79 Å². The fraction of sp³-hybridized carbons (Fsp3) is 0.143. The first-order chi connectivity index (χ1) is 9.62. The Labute approximate surface area is 124 Å². The summed E-state index contributed by atoms with van der Waals surface area (Å²) in [5.74, 6) is 0. The monoisotopic (exact) mass is 325 g/mol. The Bertz CT molecular complexity index is 883. The van der Waals surface area contributed by atoms with Crippen LogP contribution in [0.15, 0.2) is 57.2 Å². The molecule has 0 atom stereocenters. The number of benzene rings is 2. The molecule has 5 nitrogen and oxygen atoms in total. The summed E-state index contributed by atoms with van der Waals surface area (Å²) in [5.41, 5.74) is 1.54. The third-order valence-electron chi connectivity index (χ3n) is 3.03. The van der Waals surface area contributed by atoms with E-state index in [-0.39, 0.29) is 9.79 Å². The van der Waals surface area contributed by atoms with Crippen molar-refractivity contribution in [1.29, 1.82) is 0 Å².